The minimum absolute atomic E-state index is 0.304. The zero-order valence-electron chi connectivity index (χ0n) is 11.4. The molecule has 4 rings (SSSR count). The third-order valence-corrected chi connectivity index (χ3v) is 5.73. The van der Waals surface area contributed by atoms with Crippen molar-refractivity contribution in [3.63, 3.8) is 0 Å². The first kappa shape index (κ1) is 13.6. The second-order valence-electron chi connectivity index (χ2n) is 5.70. The molecule has 3 unspecified atom stereocenters. The van der Waals surface area contributed by atoms with Crippen LogP contribution in [0.5, 0.6) is 0 Å². The average Bonchev–Trinajstić information content (AvgIpc) is 3.13. The van der Waals surface area contributed by atoms with Crippen molar-refractivity contribution in [1.29, 1.82) is 0 Å². The van der Waals surface area contributed by atoms with E-state index in [1.54, 1.807) is 0 Å². The molecule has 1 N–H and O–H groups in total. The Morgan fingerprint density at radius 3 is 2.71 bits per heavy atom. The van der Waals surface area contributed by atoms with Crippen molar-refractivity contribution in [2.24, 2.45) is 0 Å². The fraction of sp³-hybridized carbons (Fsp3) is 0.375. The molecule has 2 aliphatic heterocycles. The zero-order valence-corrected chi connectivity index (χ0v) is 13.8. The first-order valence-electron chi connectivity index (χ1n) is 7.23. The van der Waals surface area contributed by atoms with Crippen LogP contribution in [0.25, 0.3) is 11.3 Å². The van der Waals surface area contributed by atoms with Gasteiger partial charge < -0.3 is 9.72 Å². The highest BCUT2D eigenvalue weighted by Crippen LogP contribution is 2.44. The van der Waals surface area contributed by atoms with Gasteiger partial charge in [0.25, 0.3) is 0 Å². The quantitative estimate of drug-likeness (QED) is 0.793. The molecule has 3 atom stereocenters. The summed E-state index contributed by atoms with van der Waals surface area (Å²) in [5.74, 6) is 1.32. The maximum absolute atomic E-state index is 5.95. The van der Waals surface area contributed by atoms with Gasteiger partial charge in [-0.3, -0.25) is 0 Å². The normalized spacial score (nSPS) is 27.2. The van der Waals surface area contributed by atoms with Gasteiger partial charge in [-0.2, -0.15) is 0 Å². The van der Waals surface area contributed by atoms with Crippen LogP contribution in [-0.4, -0.2) is 22.2 Å². The minimum Gasteiger partial charge on any atom is -0.374 e. The van der Waals surface area contributed by atoms with E-state index < -0.39 is 0 Å². The van der Waals surface area contributed by atoms with E-state index in [0.717, 1.165) is 34.4 Å². The molecule has 0 amide bonds. The molecule has 3 nitrogen and oxygen atoms in total. The summed E-state index contributed by atoms with van der Waals surface area (Å²) < 4.78 is 7.42. The molecular formula is C16H15BrN2OS. The SMILES string of the molecule is S=c1nc(C2CC3CCC2O3)[nH]c(-c2ccccc2)c1Br. The number of H-pyrrole nitrogens is 1. The highest BCUT2D eigenvalue weighted by molar-refractivity contribution is 9.10. The highest BCUT2D eigenvalue weighted by atomic mass is 79.9. The summed E-state index contributed by atoms with van der Waals surface area (Å²) in [6, 6.07) is 10.2. The second kappa shape index (κ2) is 5.30. The smallest absolute Gasteiger partial charge is 0.144 e. The molecule has 2 bridgehead atoms. The second-order valence-corrected chi connectivity index (χ2v) is 6.88. The van der Waals surface area contributed by atoms with Gasteiger partial charge in [0.1, 0.15) is 10.5 Å². The van der Waals surface area contributed by atoms with Gasteiger partial charge in [-0.05, 0) is 40.8 Å². The fourth-order valence-corrected chi connectivity index (χ4v) is 4.00. The lowest BCUT2D eigenvalue weighted by Gasteiger charge is -2.19. The Morgan fingerprint density at radius 1 is 1.24 bits per heavy atom. The molecule has 1 aromatic heterocycles. The molecular weight excluding hydrogens is 348 g/mol. The number of benzene rings is 1. The van der Waals surface area contributed by atoms with Crippen molar-refractivity contribution in [2.45, 2.75) is 37.4 Å². The number of rotatable bonds is 2. The van der Waals surface area contributed by atoms with Crippen LogP contribution < -0.4 is 0 Å². The van der Waals surface area contributed by atoms with Crippen molar-refractivity contribution in [3.05, 3.63) is 45.3 Å². The molecule has 0 spiro atoms. The van der Waals surface area contributed by atoms with Crippen molar-refractivity contribution in [1.82, 2.24) is 9.97 Å². The molecule has 5 heteroatoms. The van der Waals surface area contributed by atoms with Crippen LogP contribution in [0.3, 0.4) is 0 Å². The number of nitrogens with zero attached hydrogens (tertiary/aromatic N) is 1. The van der Waals surface area contributed by atoms with E-state index >= 15 is 0 Å². The first-order valence-corrected chi connectivity index (χ1v) is 8.43. The molecule has 2 fully saturated rings. The van der Waals surface area contributed by atoms with Gasteiger partial charge in [0, 0.05) is 5.92 Å². The summed E-state index contributed by atoms with van der Waals surface area (Å²) in [6.45, 7) is 0. The number of aromatic nitrogens is 2. The molecule has 2 aromatic rings. The summed E-state index contributed by atoms with van der Waals surface area (Å²) in [5.41, 5.74) is 2.12. The van der Waals surface area contributed by atoms with Crippen LogP contribution >= 0.6 is 28.1 Å². The number of nitrogens with one attached hydrogen (secondary N) is 1. The molecule has 1 aromatic carbocycles. The van der Waals surface area contributed by atoms with Crippen molar-refractivity contribution >= 4 is 28.1 Å². The van der Waals surface area contributed by atoms with E-state index in [4.69, 9.17) is 17.0 Å². The van der Waals surface area contributed by atoms with Crippen LogP contribution in [-0.2, 0) is 4.74 Å². The number of aromatic amines is 1. The summed E-state index contributed by atoms with van der Waals surface area (Å²) in [5, 5.41) is 0. The topological polar surface area (TPSA) is 37.9 Å². The minimum atomic E-state index is 0.304. The van der Waals surface area contributed by atoms with Gasteiger partial charge in [0.05, 0.1) is 22.4 Å². The first-order chi connectivity index (χ1) is 10.2. The Kier molecular flexibility index (Phi) is 3.44. The van der Waals surface area contributed by atoms with Crippen LogP contribution in [0.1, 0.15) is 31.0 Å². The highest BCUT2D eigenvalue weighted by Gasteiger charge is 2.42. The lowest BCUT2D eigenvalue weighted by Crippen LogP contribution is -2.17. The van der Waals surface area contributed by atoms with Crippen LogP contribution in [0.4, 0.5) is 0 Å². The average molecular weight is 363 g/mol. The van der Waals surface area contributed by atoms with Gasteiger partial charge in [-0.25, -0.2) is 4.98 Å². The number of hydrogen-bond donors (Lipinski definition) is 1. The number of hydrogen-bond acceptors (Lipinski definition) is 3. The Hall–Kier alpha value is -1.04. The van der Waals surface area contributed by atoms with E-state index in [0.29, 0.717) is 22.8 Å². The molecule has 21 heavy (non-hydrogen) atoms. The number of fused-ring (bicyclic) bond motifs is 2. The maximum Gasteiger partial charge on any atom is 0.144 e. The lowest BCUT2D eigenvalue weighted by molar-refractivity contribution is 0.0998. The molecule has 0 aliphatic carbocycles. The summed E-state index contributed by atoms with van der Waals surface area (Å²) in [7, 11) is 0. The van der Waals surface area contributed by atoms with Gasteiger partial charge in [0.2, 0.25) is 0 Å². The predicted octanol–water partition coefficient (Wildman–Crippen LogP) is 4.60. The monoisotopic (exact) mass is 362 g/mol. The van der Waals surface area contributed by atoms with Gasteiger partial charge in [-0.15, -0.1) is 0 Å². The van der Waals surface area contributed by atoms with Crippen molar-refractivity contribution < 1.29 is 4.74 Å². The van der Waals surface area contributed by atoms with Gasteiger partial charge >= 0.3 is 0 Å². The van der Waals surface area contributed by atoms with E-state index in [9.17, 15) is 0 Å². The molecule has 2 saturated heterocycles. The van der Waals surface area contributed by atoms with E-state index in [1.807, 2.05) is 18.2 Å². The summed E-state index contributed by atoms with van der Waals surface area (Å²) >= 11 is 9.00. The number of halogens is 1. The van der Waals surface area contributed by atoms with E-state index in [1.165, 1.54) is 6.42 Å². The van der Waals surface area contributed by atoms with Crippen molar-refractivity contribution in [3.8, 4) is 11.3 Å². The Morgan fingerprint density at radius 2 is 2.05 bits per heavy atom. The molecule has 2 aliphatic rings. The van der Waals surface area contributed by atoms with Crippen LogP contribution in [0.15, 0.2) is 34.8 Å². The van der Waals surface area contributed by atoms with E-state index in [-0.39, 0.29) is 0 Å². The molecule has 3 heterocycles. The van der Waals surface area contributed by atoms with Crippen molar-refractivity contribution in [2.75, 3.05) is 0 Å². The molecule has 0 saturated carbocycles. The van der Waals surface area contributed by atoms with Gasteiger partial charge in [0.15, 0.2) is 0 Å². The Bertz CT molecular complexity index is 731. The van der Waals surface area contributed by atoms with Crippen LogP contribution in [0, 0.1) is 4.64 Å². The molecule has 108 valence electrons. The largest absolute Gasteiger partial charge is 0.374 e. The predicted molar refractivity (Wildman–Crippen MR) is 87.8 cm³/mol. The van der Waals surface area contributed by atoms with Crippen LogP contribution in [0.2, 0.25) is 0 Å². The standard InChI is InChI=1S/C16H15BrN2OS/c17-13-14(9-4-2-1-3-5-9)18-15(19-16(13)21)11-8-10-6-7-12(11)20-10/h1-5,10-12H,6-8H2,(H,18,19,21). The third-order valence-electron chi connectivity index (χ3n) is 4.40. The Balaban J connectivity index is 1.80. The number of ether oxygens (including phenoxy) is 1. The summed E-state index contributed by atoms with van der Waals surface area (Å²) in [6.07, 6.45) is 4.09. The van der Waals surface area contributed by atoms with Gasteiger partial charge in [-0.1, -0.05) is 42.5 Å². The fourth-order valence-electron chi connectivity index (χ4n) is 3.38. The lowest BCUT2D eigenvalue weighted by atomic mass is 9.88. The molecule has 0 radical (unpaired) electrons. The summed E-state index contributed by atoms with van der Waals surface area (Å²) in [4.78, 5) is 8.08. The zero-order chi connectivity index (χ0) is 14.4. The maximum atomic E-state index is 5.95. The van der Waals surface area contributed by atoms with E-state index in [2.05, 4.69) is 38.0 Å². The Labute approximate surface area is 136 Å². The third kappa shape index (κ3) is 2.37.